The van der Waals surface area contributed by atoms with Crippen LogP contribution in [-0.2, 0) is 15.8 Å². The number of carbonyl (C=O) groups is 1. The lowest BCUT2D eigenvalue weighted by Gasteiger charge is -2.07. The number of aliphatic carboxylic acids is 1. The molecular weight excluding hydrogens is 365 g/mol. The fourth-order valence-electron chi connectivity index (χ4n) is 2.69. The lowest BCUT2D eigenvalue weighted by Crippen LogP contribution is -2.19. The van der Waals surface area contributed by atoms with Crippen LogP contribution in [0.3, 0.4) is 0 Å². The molecule has 3 rings (SSSR count). The quantitative estimate of drug-likeness (QED) is 0.435. The Morgan fingerprint density at radius 1 is 1.04 bits per heavy atom. The van der Waals surface area contributed by atoms with Crippen molar-refractivity contribution in [3.8, 4) is 0 Å². The van der Waals surface area contributed by atoms with E-state index in [1.54, 1.807) is 0 Å². The van der Waals surface area contributed by atoms with E-state index in [2.05, 4.69) is 4.98 Å². The predicted octanol–water partition coefficient (Wildman–Crippen LogP) is 5.06. The molecule has 1 N–H and O–H groups in total. The maximum Gasteiger partial charge on any atom is 0.350 e. The van der Waals surface area contributed by atoms with Gasteiger partial charge in [-0.2, -0.15) is 0 Å². The number of carboxylic acids is 1. The zero-order valence-corrected chi connectivity index (χ0v) is 15.8. The summed E-state index contributed by atoms with van der Waals surface area (Å²) in [6.07, 6.45) is 0.580. The average Bonchev–Trinajstić information content (AvgIpc) is 2.66. The molecule has 0 aliphatic rings. The first-order valence-electron chi connectivity index (χ1n) is 8.29. The number of para-hydroxylation sites is 1. The summed E-state index contributed by atoms with van der Waals surface area (Å²) in [5, 5.41) is 11.3. The summed E-state index contributed by atoms with van der Waals surface area (Å²) in [5.41, 5.74) is 2.23. The first-order chi connectivity index (χ1) is 12.6. The number of pyridine rings is 1. The molecule has 0 bridgehead atoms. The van der Waals surface area contributed by atoms with Crippen molar-refractivity contribution in [1.82, 2.24) is 4.98 Å². The minimum Gasteiger partial charge on any atom is -0.481 e. The smallest absolute Gasteiger partial charge is 0.350 e. The van der Waals surface area contributed by atoms with E-state index in [1.165, 1.54) is 11.8 Å². The van der Waals surface area contributed by atoms with Crippen LogP contribution in [0.25, 0.3) is 10.9 Å². The molecule has 0 amide bonds. The van der Waals surface area contributed by atoms with Crippen LogP contribution in [0, 0.1) is 5.92 Å². The number of benzene rings is 2. The Kier molecular flexibility index (Phi) is 6.37. The topological polar surface area (TPSA) is 67.3 Å². The monoisotopic (exact) mass is 384 g/mol. The van der Waals surface area contributed by atoms with Crippen molar-refractivity contribution >= 4 is 36.4 Å². The van der Waals surface area contributed by atoms with Gasteiger partial charge >= 0.3 is 13.8 Å². The van der Waals surface area contributed by atoms with Gasteiger partial charge in [-0.1, -0.05) is 70.9 Å². The molecule has 26 heavy (non-hydrogen) atoms. The maximum absolute atomic E-state index is 12.4. The highest BCUT2D eigenvalue weighted by atomic mass is 32.2. The minimum atomic E-state index is -1.62. The summed E-state index contributed by atoms with van der Waals surface area (Å²) >= 11 is 1.42. The summed E-state index contributed by atoms with van der Waals surface area (Å²) in [4.78, 5) is 16.1. The van der Waals surface area contributed by atoms with Crippen LogP contribution in [-0.4, -0.2) is 27.7 Å². The Morgan fingerprint density at radius 3 is 2.54 bits per heavy atom. The average molecular weight is 384 g/mol. The van der Waals surface area contributed by atoms with Crippen LogP contribution in [0.5, 0.6) is 0 Å². The third kappa shape index (κ3) is 5.13. The van der Waals surface area contributed by atoms with Crippen molar-refractivity contribution in [1.29, 1.82) is 0 Å². The summed E-state index contributed by atoms with van der Waals surface area (Å²) in [6.45, 7) is 0. The molecule has 0 saturated heterocycles. The van der Waals surface area contributed by atoms with E-state index >= 15 is 0 Å². The zero-order valence-electron chi connectivity index (χ0n) is 14.1. The van der Waals surface area contributed by atoms with Gasteiger partial charge in [0.05, 0.1) is 5.52 Å². The van der Waals surface area contributed by atoms with Gasteiger partial charge in [-0.15, -0.1) is 0 Å². The Bertz CT molecular complexity index is 917. The molecule has 2 atom stereocenters. The van der Waals surface area contributed by atoms with E-state index in [9.17, 15) is 14.5 Å². The highest BCUT2D eigenvalue weighted by Gasteiger charge is 2.29. The van der Waals surface area contributed by atoms with Crippen molar-refractivity contribution < 1.29 is 14.5 Å². The lowest BCUT2D eigenvalue weighted by molar-refractivity contribution is -0.140. The van der Waals surface area contributed by atoms with Gasteiger partial charge < -0.3 is 5.11 Å². The highest BCUT2D eigenvalue weighted by molar-refractivity contribution is 8.03. The third-order valence-corrected chi connectivity index (χ3v) is 7.07. The van der Waals surface area contributed by atoms with E-state index in [0.29, 0.717) is 11.9 Å². The van der Waals surface area contributed by atoms with Crippen LogP contribution in [0.1, 0.15) is 5.56 Å². The second-order valence-electron chi connectivity index (χ2n) is 6.00. The summed E-state index contributed by atoms with van der Waals surface area (Å²) in [5.74, 6) is -1.53. The molecule has 1 aromatic heterocycles. The van der Waals surface area contributed by atoms with Gasteiger partial charge in [-0.25, -0.2) is 4.98 Å². The normalized spacial score (nSPS) is 12.7. The van der Waals surface area contributed by atoms with Crippen LogP contribution in [0.4, 0.5) is 0 Å². The number of fused-ring (bicyclic) bond motifs is 1. The lowest BCUT2D eigenvalue weighted by atomic mass is 10.0. The fourth-order valence-corrected chi connectivity index (χ4v) is 5.32. The van der Waals surface area contributed by atoms with Gasteiger partial charge in [0.15, 0.2) is 11.7 Å². The van der Waals surface area contributed by atoms with Gasteiger partial charge in [-0.05, 0) is 24.1 Å². The number of rotatable bonds is 8. The molecule has 2 unspecified atom stereocenters. The first-order valence-corrected chi connectivity index (χ1v) is 10.9. The van der Waals surface area contributed by atoms with Gasteiger partial charge in [-0.3, -0.25) is 4.79 Å². The van der Waals surface area contributed by atoms with E-state index in [1.807, 2.05) is 66.7 Å². The SMILES string of the molecule is O=C(O)C(Cc1ccccc1)C[P+](=O)CSc1ccc2ccccc2n1. The number of aromatic nitrogens is 1. The molecule has 0 fully saturated rings. The van der Waals surface area contributed by atoms with Crippen LogP contribution < -0.4 is 0 Å². The van der Waals surface area contributed by atoms with Crippen LogP contribution in [0.15, 0.2) is 71.8 Å². The van der Waals surface area contributed by atoms with Gasteiger partial charge in [0.25, 0.3) is 0 Å². The minimum absolute atomic E-state index is 0.181. The van der Waals surface area contributed by atoms with Crippen molar-refractivity contribution in [2.24, 2.45) is 5.92 Å². The Hall–Kier alpha value is -2.23. The van der Waals surface area contributed by atoms with Gasteiger partial charge in [0.1, 0.15) is 10.9 Å². The highest BCUT2D eigenvalue weighted by Crippen LogP contribution is 2.34. The second-order valence-corrected chi connectivity index (χ2v) is 9.07. The maximum atomic E-state index is 12.4. The first kappa shape index (κ1) is 18.6. The molecule has 0 aliphatic heterocycles. The van der Waals surface area contributed by atoms with Crippen LogP contribution in [0.2, 0.25) is 0 Å². The third-order valence-electron chi connectivity index (χ3n) is 4.03. The van der Waals surface area contributed by atoms with Crippen molar-refractivity contribution in [2.45, 2.75) is 11.4 Å². The molecule has 3 aromatic rings. The zero-order chi connectivity index (χ0) is 18.4. The van der Waals surface area contributed by atoms with Crippen molar-refractivity contribution in [3.05, 3.63) is 72.3 Å². The van der Waals surface area contributed by atoms with E-state index in [4.69, 9.17) is 0 Å². The van der Waals surface area contributed by atoms with Gasteiger partial charge in [0, 0.05) is 5.39 Å². The summed E-state index contributed by atoms with van der Waals surface area (Å²) in [7, 11) is -1.62. The Balaban J connectivity index is 1.58. The van der Waals surface area contributed by atoms with Crippen molar-refractivity contribution in [2.75, 3.05) is 11.7 Å². The fraction of sp³-hybridized carbons (Fsp3) is 0.200. The summed E-state index contributed by atoms with van der Waals surface area (Å²) in [6, 6.07) is 21.2. The molecule has 1 heterocycles. The van der Waals surface area contributed by atoms with E-state index in [-0.39, 0.29) is 6.16 Å². The largest absolute Gasteiger partial charge is 0.481 e. The Morgan fingerprint density at radius 2 is 1.77 bits per heavy atom. The van der Waals surface area contributed by atoms with Gasteiger partial charge in [0.2, 0.25) is 0 Å². The molecule has 2 aromatic carbocycles. The molecule has 132 valence electrons. The van der Waals surface area contributed by atoms with E-state index < -0.39 is 19.7 Å². The number of carboxylic acid groups (broad SMARTS) is 1. The Labute approximate surface area is 157 Å². The second kappa shape index (κ2) is 8.93. The molecular formula is C20H19NO3PS+. The van der Waals surface area contributed by atoms with Crippen LogP contribution >= 0.6 is 19.6 Å². The van der Waals surface area contributed by atoms with Crippen molar-refractivity contribution in [3.63, 3.8) is 0 Å². The molecule has 0 aliphatic carbocycles. The standard InChI is InChI=1S/C20H18NO3PS/c22-20(23)17(12-15-6-2-1-3-7-15)13-25(24)14-26-19-11-10-16-8-4-5-9-18(16)21-19/h1-11,17H,12-14H2/p+1. The molecule has 0 radical (unpaired) electrons. The summed E-state index contributed by atoms with van der Waals surface area (Å²) < 4.78 is 12.4. The van der Waals surface area contributed by atoms with E-state index in [0.717, 1.165) is 21.5 Å². The predicted molar refractivity (Wildman–Crippen MR) is 106 cm³/mol. The number of nitrogens with zero attached hydrogens (tertiary/aromatic N) is 1. The molecule has 0 saturated carbocycles. The molecule has 0 spiro atoms. The number of hydrogen-bond acceptors (Lipinski definition) is 4. The number of thioether (sulfide) groups is 1. The molecule has 6 heteroatoms. The molecule has 4 nitrogen and oxygen atoms in total. The number of hydrogen-bond donors (Lipinski definition) is 1.